The fourth-order valence-corrected chi connectivity index (χ4v) is 2.14. The van der Waals surface area contributed by atoms with Crippen molar-refractivity contribution in [3.63, 3.8) is 0 Å². The van der Waals surface area contributed by atoms with E-state index < -0.39 is 5.60 Å². The Hall–Kier alpha value is -0.860. The van der Waals surface area contributed by atoms with Gasteiger partial charge in [-0.1, -0.05) is 30.3 Å². The van der Waals surface area contributed by atoms with Gasteiger partial charge in [-0.05, 0) is 31.9 Å². The van der Waals surface area contributed by atoms with Gasteiger partial charge in [0.05, 0.1) is 0 Å². The van der Waals surface area contributed by atoms with Crippen LogP contribution in [-0.2, 0) is 5.60 Å². The molecule has 0 unspecified atom stereocenters. The van der Waals surface area contributed by atoms with Crippen LogP contribution in [0, 0.1) is 0 Å². The fourth-order valence-electron chi connectivity index (χ4n) is 2.14. The first-order valence-corrected chi connectivity index (χ1v) is 5.22. The maximum Gasteiger partial charge on any atom is 0.102 e. The van der Waals surface area contributed by atoms with Gasteiger partial charge in [-0.2, -0.15) is 0 Å². The molecule has 2 rings (SSSR count). The van der Waals surface area contributed by atoms with Crippen molar-refractivity contribution in [3.8, 4) is 0 Å². The zero-order valence-electron chi connectivity index (χ0n) is 8.53. The molecule has 0 saturated carbocycles. The summed E-state index contributed by atoms with van der Waals surface area (Å²) < 4.78 is 0. The van der Waals surface area contributed by atoms with Crippen molar-refractivity contribution in [2.45, 2.75) is 31.4 Å². The molecule has 14 heavy (non-hydrogen) atoms. The minimum Gasteiger partial charge on any atom is -0.384 e. The summed E-state index contributed by atoms with van der Waals surface area (Å²) >= 11 is 0. The Balaban J connectivity index is 2.22. The van der Waals surface area contributed by atoms with Gasteiger partial charge in [0, 0.05) is 6.04 Å². The topological polar surface area (TPSA) is 32.3 Å². The summed E-state index contributed by atoms with van der Waals surface area (Å²) in [5, 5.41) is 13.8. The Kier molecular flexibility index (Phi) is 2.57. The van der Waals surface area contributed by atoms with Crippen molar-refractivity contribution in [2.75, 3.05) is 6.54 Å². The Labute approximate surface area is 85.0 Å². The molecule has 1 fully saturated rings. The van der Waals surface area contributed by atoms with E-state index in [-0.39, 0.29) is 6.04 Å². The van der Waals surface area contributed by atoms with Crippen molar-refractivity contribution in [1.29, 1.82) is 0 Å². The largest absolute Gasteiger partial charge is 0.384 e. The number of hydrogen-bond acceptors (Lipinski definition) is 2. The summed E-state index contributed by atoms with van der Waals surface area (Å²) in [7, 11) is 0. The normalized spacial score (nSPS) is 26.0. The van der Waals surface area contributed by atoms with E-state index in [0.29, 0.717) is 0 Å². The lowest BCUT2D eigenvalue weighted by Gasteiger charge is -2.30. The molecule has 1 saturated heterocycles. The Bertz CT molecular complexity index is 288. The molecule has 2 nitrogen and oxygen atoms in total. The third kappa shape index (κ3) is 1.68. The molecule has 0 aliphatic carbocycles. The molecular weight excluding hydrogens is 174 g/mol. The van der Waals surface area contributed by atoms with Gasteiger partial charge < -0.3 is 10.4 Å². The van der Waals surface area contributed by atoms with Gasteiger partial charge >= 0.3 is 0 Å². The molecule has 1 heterocycles. The maximum absolute atomic E-state index is 10.4. The van der Waals surface area contributed by atoms with Gasteiger partial charge in [-0.15, -0.1) is 0 Å². The summed E-state index contributed by atoms with van der Waals surface area (Å²) in [5.74, 6) is 0. The average Bonchev–Trinajstić information content (AvgIpc) is 2.72. The zero-order chi connectivity index (χ0) is 10.0. The molecule has 0 aromatic heterocycles. The van der Waals surface area contributed by atoms with Crippen LogP contribution < -0.4 is 5.32 Å². The Morgan fingerprint density at radius 3 is 2.64 bits per heavy atom. The molecule has 1 aromatic carbocycles. The van der Waals surface area contributed by atoms with Gasteiger partial charge in [-0.25, -0.2) is 0 Å². The number of hydrogen-bond donors (Lipinski definition) is 2. The second kappa shape index (κ2) is 3.71. The van der Waals surface area contributed by atoms with Gasteiger partial charge in [-0.3, -0.25) is 0 Å². The van der Waals surface area contributed by atoms with Crippen LogP contribution in [0.1, 0.15) is 25.3 Å². The van der Waals surface area contributed by atoms with Crippen LogP contribution in [0.4, 0.5) is 0 Å². The first kappa shape index (κ1) is 9.69. The average molecular weight is 191 g/mol. The van der Waals surface area contributed by atoms with Crippen molar-refractivity contribution < 1.29 is 5.11 Å². The molecular formula is C12H17NO. The van der Waals surface area contributed by atoms with Gasteiger partial charge in [0.25, 0.3) is 0 Å². The lowest BCUT2D eigenvalue weighted by Crippen LogP contribution is -2.42. The van der Waals surface area contributed by atoms with Gasteiger partial charge in [0.1, 0.15) is 5.60 Å². The zero-order valence-corrected chi connectivity index (χ0v) is 8.53. The third-order valence-corrected chi connectivity index (χ3v) is 3.10. The number of benzene rings is 1. The van der Waals surface area contributed by atoms with E-state index in [1.165, 1.54) is 0 Å². The number of aliphatic hydroxyl groups is 1. The maximum atomic E-state index is 10.4. The molecule has 2 atom stereocenters. The van der Waals surface area contributed by atoms with E-state index >= 15 is 0 Å². The second-order valence-corrected chi connectivity index (χ2v) is 4.16. The monoisotopic (exact) mass is 191 g/mol. The van der Waals surface area contributed by atoms with Crippen LogP contribution in [0.2, 0.25) is 0 Å². The molecule has 2 heteroatoms. The SMILES string of the molecule is C[C@@](O)(c1ccccc1)[C@@H]1CCCN1. The molecule has 0 bridgehead atoms. The van der Waals surface area contributed by atoms with Crippen LogP contribution in [0.15, 0.2) is 30.3 Å². The van der Waals surface area contributed by atoms with Crippen molar-refractivity contribution in [3.05, 3.63) is 35.9 Å². The van der Waals surface area contributed by atoms with E-state index in [0.717, 1.165) is 24.9 Å². The van der Waals surface area contributed by atoms with Crippen LogP contribution >= 0.6 is 0 Å². The van der Waals surface area contributed by atoms with Crippen molar-refractivity contribution >= 4 is 0 Å². The lowest BCUT2D eigenvalue weighted by atomic mass is 9.87. The molecule has 0 radical (unpaired) electrons. The number of nitrogens with one attached hydrogen (secondary N) is 1. The molecule has 1 aliphatic heterocycles. The molecule has 0 amide bonds. The quantitative estimate of drug-likeness (QED) is 0.745. The highest BCUT2D eigenvalue weighted by Crippen LogP contribution is 2.28. The summed E-state index contributed by atoms with van der Waals surface area (Å²) in [6.45, 7) is 2.92. The van der Waals surface area contributed by atoms with Gasteiger partial charge in [0.2, 0.25) is 0 Å². The third-order valence-electron chi connectivity index (χ3n) is 3.10. The van der Waals surface area contributed by atoms with Crippen LogP contribution in [0.3, 0.4) is 0 Å². The predicted octanol–water partition coefficient (Wildman–Crippen LogP) is 1.65. The fraction of sp³-hybridized carbons (Fsp3) is 0.500. The minimum absolute atomic E-state index is 0.199. The standard InChI is InChI=1S/C12H17NO/c1-12(14,11-8-5-9-13-11)10-6-3-2-4-7-10/h2-4,6-7,11,13-14H,5,8-9H2,1H3/t11-,12+/m0/s1. The summed E-state index contributed by atoms with van der Waals surface area (Å²) in [6.07, 6.45) is 2.22. The lowest BCUT2D eigenvalue weighted by molar-refractivity contribution is 0.0218. The Morgan fingerprint density at radius 1 is 1.36 bits per heavy atom. The van der Waals surface area contributed by atoms with Crippen LogP contribution in [-0.4, -0.2) is 17.7 Å². The highest BCUT2D eigenvalue weighted by atomic mass is 16.3. The predicted molar refractivity (Wildman–Crippen MR) is 57.0 cm³/mol. The smallest absolute Gasteiger partial charge is 0.102 e. The van der Waals surface area contributed by atoms with E-state index in [2.05, 4.69) is 5.32 Å². The van der Waals surface area contributed by atoms with E-state index in [1.807, 2.05) is 37.3 Å². The van der Waals surface area contributed by atoms with E-state index in [1.54, 1.807) is 0 Å². The van der Waals surface area contributed by atoms with Crippen molar-refractivity contribution in [2.24, 2.45) is 0 Å². The van der Waals surface area contributed by atoms with Crippen LogP contribution in [0.5, 0.6) is 0 Å². The number of rotatable bonds is 2. The molecule has 1 aliphatic rings. The highest BCUT2D eigenvalue weighted by molar-refractivity contribution is 5.23. The minimum atomic E-state index is -0.738. The first-order valence-electron chi connectivity index (χ1n) is 5.22. The molecule has 1 aromatic rings. The Morgan fingerprint density at radius 2 is 2.07 bits per heavy atom. The molecule has 2 N–H and O–H groups in total. The second-order valence-electron chi connectivity index (χ2n) is 4.16. The van der Waals surface area contributed by atoms with Crippen LogP contribution in [0.25, 0.3) is 0 Å². The molecule has 76 valence electrons. The summed E-state index contributed by atoms with van der Waals surface area (Å²) in [5.41, 5.74) is 0.261. The van der Waals surface area contributed by atoms with E-state index in [4.69, 9.17) is 0 Å². The highest BCUT2D eigenvalue weighted by Gasteiger charge is 2.34. The summed E-state index contributed by atoms with van der Waals surface area (Å²) in [4.78, 5) is 0. The first-order chi connectivity index (χ1) is 6.71. The van der Waals surface area contributed by atoms with E-state index in [9.17, 15) is 5.11 Å². The van der Waals surface area contributed by atoms with Crippen molar-refractivity contribution in [1.82, 2.24) is 5.32 Å². The molecule has 0 spiro atoms. The summed E-state index contributed by atoms with van der Waals surface area (Å²) in [6, 6.07) is 10.1. The van der Waals surface area contributed by atoms with Gasteiger partial charge in [0.15, 0.2) is 0 Å².